The number of nitrogens with zero attached hydrogens (tertiary/aromatic N) is 3. The molecule has 0 radical (unpaired) electrons. The van der Waals surface area contributed by atoms with Gasteiger partial charge in [0.1, 0.15) is 5.52 Å². The minimum Gasteiger partial charge on any atom is -0.376 e. The van der Waals surface area contributed by atoms with E-state index in [1.807, 2.05) is 26.0 Å². The number of hydrogen-bond acceptors (Lipinski definition) is 6. The van der Waals surface area contributed by atoms with Crippen LogP contribution in [0.5, 0.6) is 0 Å². The van der Waals surface area contributed by atoms with Gasteiger partial charge in [0.25, 0.3) is 5.91 Å². The zero-order chi connectivity index (χ0) is 25.0. The molecule has 7 nitrogen and oxygen atoms in total. The van der Waals surface area contributed by atoms with Gasteiger partial charge in [-0.15, -0.1) is 0 Å². The van der Waals surface area contributed by atoms with Crippen LogP contribution in [0.1, 0.15) is 49.9 Å². The number of rotatable bonds is 10. The Labute approximate surface area is 215 Å². The summed E-state index contributed by atoms with van der Waals surface area (Å²) in [5.74, 6) is -0.252. The third-order valence-electron chi connectivity index (χ3n) is 6.10. The average Bonchev–Trinajstić information content (AvgIpc) is 3.53. The highest BCUT2D eigenvalue weighted by molar-refractivity contribution is 7.89. The maximum Gasteiger partial charge on any atom is 0.260 e. The minimum absolute atomic E-state index is 0.0715. The van der Waals surface area contributed by atoms with Gasteiger partial charge in [0.15, 0.2) is 5.13 Å². The molecular formula is C25H30ClN3O4S2. The van der Waals surface area contributed by atoms with Crippen LogP contribution in [0, 0.1) is 0 Å². The first kappa shape index (κ1) is 26.0. The van der Waals surface area contributed by atoms with Gasteiger partial charge in [-0.25, -0.2) is 13.4 Å². The predicted octanol–water partition coefficient (Wildman–Crippen LogP) is 5.59. The number of sulfonamides is 1. The molecule has 1 atom stereocenters. The average molecular weight is 536 g/mol. The van der Waals surface area contributed by atoms with Gasteiger partial charge in [-0.3, -0.25) is 9.69 Å². The van der Waals surface area contributed by atoms with Crippen molar-refractivity contribution in [2.24, 2.45) is 0 Å². The van der Waals surface area contributed by atoms with Gasteiger partial charge < -0.3 is 4.74 Å². The van der Waals surface area contributed by atoms with Crippen LogP contribution in [-0.4, -0.2) is 56.0 Å². The summed E-state index contributed by atoms with van der Waals surface area (Å²) in [5, 5.41) is 1.08. The zero-order valence-corrected chi connectivity index (χ0v) is 22.3. The number of amides is 1. The monoisotopic (exact) mass is 535 g/mol. The van der Waals surface area contributed by atoms with Crippen molar-refractivity contribution >= 4 is 54.2 Å². The lowest BCUT2D eigenvalue weighted by molar-refractivity contribution is 0.0917. The van der Waals surface area contributed by atoms with Gasteiger partial charge in [-0.05, 0) is 55.7 Å². The molecule has 0 spiro atoms. The molecule has 1 aromatic heterocycles. The molecule has 1 saturated heterocycles. The van der Waals surface area contributed by atoms with Crippen molar-refractivity contribution in [3.8, 4) is 0 Å². The van der Waals surface area contributed by atoms with Gasteiger partial charge in [0.05, 0.1) is 27.3 Å². The summed E-state index contributed by atoms with van der Waals surface area (Å²) in [6.45, 7) is 5.79. The molecule has 188 valence electrons. The lowest BCUT2D eigenvalue weighted by Crippen LogP contribution is -2.37. The fourth-order valence-corrected chi connectivity index (χ4v) is 6.88. The van der Waals surface area contributed by atoms with Crippen LogP contribution in [0.3, 0.4) is 0 Å². The van der Waals surface area contributed by atoms with E-state index < -0.39 is 10.0 Å². The van der Waals surface area contributed by atoms with Gasteiger partial charge >= 0.3 is 0 Å². The minimum atomic E-state index is -3.62. The molecule has 35 heavy (non-hydrogen) atoms. The Bertz CT molecular complexity index is 1270. The first-order valence-electron chi connectivity index (χ1n) is 11.9. The number of carbonyl (C=O) groups excluding carboxylic acids is 1. The van der Waals surface area contributed by atoms with Crippen LogP contribution in [-0.2, 0) is 14.8 Å². The number of thiazole rings is 1. The van der Waals surface area contributed by atoms with E-state index in [1.54, 1.807) is 23.1 Å². The summed E-state index contributed by atoms with van der Waals surface area (Å²) in [6.07, 6.45) is 3.47. The van der Waals surface area contributed by atoms with Crippen molar-refractivity contribution < 1.29 is 17.9 Å². The summed E-state index contributed by atoms with van der Waals surface area (Å²) < 4.78 is 34.3. The fraction of sp³-hybridized carbons (Fsp3) is 0.440. The second-order valence-electron chi connectivity index (χ2n) is 8.51. The first-order valence-corrected chi connectivity index (χ1v) is 14.6. The van der Waals surface area contributed by atoms with Crippen LogP contribution >= 0.6 is 22.9 Å². The number of carbonyl (C=O) groups is 1. The topological polar surface area (TPSA) is 79.8 Å². The molecule has 1 aliphatic rings. The Kier molecular flexibility index (Phi) is 8.44. The van der Waals surface area contributed by atoms with Gasteiger partial charge in [-0.1, -0.05) is 49.3 Å². The number of anilines is 1. The van der Waals surface area contributed by atoms with E-state index in [0.717, 1.165) is 30.4 Å². The van der Waals surface area contributed by atoms with E-state index in [4.69, 9.17) is 16.3 Å². The van der Waals surface area contributed by atoms with E-state index in [1.165, 1.54) is 27.8 Å². The summed E-state index contributed by atoms with van der Waals surface area (Å²) in [7, 11) is -3.62. The Morgan fingerprint density at radius 3 is 2.60 bits per heavy atom. The molecule has 3 aromatic rings. The van der Waals surface area contributed by atoms with Crippen molar-refractivity contribution in [2.45, 2.75) is 50.5 Å². The summed E-state index contributed by atoms with van der Waals surface area (Å²) >= 11 is 7.73. The summed E-state index contributed by atoms with van der Waals surface area (Å²) in [6, 6.07) is 11.7. The first-order chi connectivity index (χ1) is 16.8. The van der Waals surface area contributed by atoms with Gasteiger partial charge in [-0.2, -0.15) is 4.31 Å². The molecule has 10 heteroatoms. The Hall–Kier alpha value is -2.04. The SMILES string of the molecule is CCCCN(CC)S(=O)(=O)c1ccc(C(=O)N(CC2CCCO2)c2nc3c(Cl)cccc3s2)cc1. The maximum absolute atomic E-state index is 13.6. The largest absolute Gasteiger partial charge is 0.376 e. The van der Waals surface area contributed by atoms with Crippen LogP contribution in [0.2, 0.25) is 5.02 Å². The van der Waals surface area contributed by atoms with Crippen LogP contribution in [0.15, 0.2) is 47.4 Å². The smallest absolute Gasteiger partial charge is 0.260 e. The number of halogens is 1. The molecule has 2 heterocycles. The summed E-state index contributed by atoms with van der Waals surface area (Å²) in [4.78, 5) is 20.1. The molecule has 0 aliphatic carbocycles. The van der Waals surface area contributed by atoms with E-state index in [-0.39, 0.29) is 16.9 Å². The number of aromatic nitrogens is 1. The van der Waals surface area contributed by atoms with Crippen molar-refractivity contribution in [1.82, 2.24) is 9.29 Å². The molecule has 2 aromatic carbocycles. The lowest BCUT2D eigenvalue weighted by Gasteiger charge is -2.23. The number of ether oxygens (including phenoxy) is 1. The maximum atomic E-state index is 13.6. The third kappa shape index (κ3) is 5.70. The van der Waals surface area contributed by atoms with E-state index in [9.17, 15) is 13.2 Å². The zero-order valence-electron chi connectivity index (χ0n) is 19.9. The number of hydrogen-bond donors (Lipinski definition) is 0. The van der Waals surface area contributed by atoms with Gasteiger partial charge in [0.2, 0.25) is 10.0 Å². The molecule has 1 fully saturated rings. The summed E-state index contributed by atoms with van der Waals surface area (Å²) in [5.41, 5.74) is 1.05. The van der Waals surface area contributed by atoms with Crippen molar-refractivity contribution in [3.63, 3.8) is 0 Å². The number of para-hydroxylation sites is 1. The predicted molar refractivity (Wildman–Crippen MR) is 141 cm³/mol. The molecule has 0 saturated carbocycles. The van der Waals surface area contributed by atoms with Crippen molar-refractivity contribution in [2.75, 3.05) is 31.1 Å². The highest BCUT2D eigenvalue weighted by atomic mass is 35.5. The molecular weight excluding hydrogens is 506 g/mol. The normalized spacial score (nSPS) is 16.3. The highest BCUT2D eigenvalue weighted by Crippen LogP contribution is 2.34. The number of benzene rings is 2. The standard InChI is InChI=1S/C25H30ClN3O4S2/c1-3-5-15-28(4-2)35(31,32)20-13-11-18(12-14-20)24(30)29(17-19-8-7-16-33-19)25-27-23-21(26)9-6-10-22(23)34-25/h6,9-14,19H,3-5,7-8,15-17H2,1-2H3. The lowest BCUT2D eigenvalue weighted by atomic mass is 10.2. The fourth-order valence-electron chi connectivity index (χ4n) is 4.12. The molecule has 1 amide bonds. The molecule has 4 rings (SSSR count). The molecule has 0 bridgehead atoms. The van der Waals surface area contributed by atoms with Crippen molar-refractivity contribution in [1.29, 1.82) is 0 Å². The number of unbranched alkanes of at least 4 members (excludes halogenated alkanes) is 1. The van der Waals surface area contributed by atoms with E-state index in [0.29, 0.717) is 47.5 Å². The Balaban J connectivity index is 1.63. The Morgan fingerprint density at radius 1 is 1.20 bits per heavy atom. The van der Waals surface area contributed by atoms with Crippen LogP contribution < -0.4 is 4.90 Å². The third-order valence-corrected chi connectivity index (χ3v) is 9.43. The van der Waals surface area contributed by atoms with Crippen LogP contribution in [0.4, 0.5) is 5.13 Å². The molecule has 1 aliphatic heterocycles. The van der Waals surface area contributed by atoms with E-state index in [2.05, 4.69) is 4.98 Å². The van der Waals surface area contributed by atoms with E-state index >= 15 is 0 Å². The second-order valence-corrected chi connectivity index (χ2v) is 11.9. The molecule has 0 N–H and O–H groups in total. The van der Waals surface area contributed by atoms with Gasteiger partial charge in [0, 0.05) is 25.3 Å². The number of fused-ring (bicyclic) bond motifs is 1. The second kappa shape index (κ2) is 11.3. The van der Waals surface area contributed by atoms with Crippen LogP contribution in [0.25, 0.3) is 10.2 Å². The molecule has 1 unspecified atom stereocenters. The Morgan fingerprint density at radius 2 is 1.97 bits per heavy atom. The van der Waals surface area contributed by atoms with Crippen molar-refractivity contribution in [3.05, 3.63) is 53.1 Å². The quantitative estimate of drug-likeness (QED) is 0.338. The highest BCUT2D eigenvalue weighted by Gasteiger charge is 2.28.